The number of hydrogen-bond acceptors (Lipinski definition) is 2. The maximum absolute atomic E-state index is 4.87. The van der Waals surface area contributed by atoms with Crippen molar-refractivity contribution in [3.63, 3.8) is 0 Å². The van der Waals surface area contributed by atoms with Gasteiger partial charge in [-0.05, 0) is 25.5 Å². The average molecular weight is 335 g/mol. The molecule has 0 aliphatic heterocycles. The molecule has 2 aromatic heterocycles. The van der Waals surface area contributed by atoms with Crippen LogP contribution in [0.4, 0.5) is 0 Å². The summed E-state index contributed by atoms with van der Waals surface area (Å²) in [7, 11) is 4.06. The highest BCUT2D eigenvalue weighted by molar-refractivity contribution is 5.67. The van der Waals surface area contributed by atoms with Crippen LogP contribution in [-0.4, -0.2) is 28.4 Å². The third-order valence-electron chi connectivity index (χ3n) is 4.19. The van der Waals surface area contributed by atoms with Crippen molar-refractivity contribution in [1.82, 2.24) is 14.3 Å². The number of hydrogen-bond donors (Lipinski definition) is 0. The van der Waals surface area contributed by atoms with E-state index in [-0.39, 0.29) is 0 Å². The third-order valence-corrected chi connectivity index (χ3v) is 4.19. The Morgan fingerprint density at radius 3 is 2.20 bits per heavy atom. The second kappa shape index (κ2) is 8.02. The first-order valence-electron chi connectivity index (χ1n) is 8.85. The standard InChI is InChI=1S/C20H23N3.C2H6/c1-14-6-9-17(10-7-14)20-18(12-16(3)22(4)5)23-13-15(2)8-11-19(23)21-20;1-2/h6-11,13H,3,12H2,1-2,4-5H3;1-2H3. The monoisotopic (exact) mass is 335 g/mol. The van der Waals surface area contributed by atoms with Gasteiger partial charge in [0.15, 0.2) is 0 Å². The van der Waals surface area contributed by atoms with Crippen LogP contribution >= 0.6 is 0 Å². The van der Waals surface area contributed by atoms with Crippen LogP contribution in [0.1, 0.15) is 30.7 Å². The van der Waals surface area contributed by atoms with E-state index in [1.165, 1.54) is 16.8 Å². The van der Waals surface area contributed by atoms with Crippen LogP contribution in [0.15, 0.2) is 54.9 Å². The Morgan fingerprint density at radius 1 is 1.00 bits per heavy atom. The summed E-state index contributed by atoms with van der Waals surface area (Å²) in [5.41, 5.74) is 7.91. The van der Waals surface area contributed by atoms with Gasteiger partial charge in [0, 0.05) is 38.0 Å². The molecule has 0 aliphatic rings. The van der Waals surface area contributed by atoms with Crippen molar-refractivity contribution >= 4 is 5.65 Å². The molecule has 25 heavy (non-hydrogen) atoms. The minimum Gasteiger partial charge on any atom is -0.381 e. The molecular formula is C22H29N3. The van der Waals surface area contributed by atoms with E-state index in [1.807, 2.05) is 27.9 Å². The van der Waals surface area contributed by atoms with Crippen molar-refractivity contribution in [2.45, 2.75) is 34.1 Å². The lowest BCUT2D eigenvalue weighted by atomic mass is 10.1. The Balaban J connectivity index is 0.00000109. The fraction of sp³-hybridized carbons (Fsp3) is 0.318. The van der Waals surface area contributed by atoms with Gasteiger partial charge in [-0.2, -0.15) is 0 Å². The van der Waals surface area contributed by atoms with Crippen molar-refractivity contribution in [2.24, 2.45) is 0 Å². The summed E-state index contributed by atoms with van der Waals surface area (Å²) in [5.74, 6) is 0. The first-order chi connectivity index (χ1) is 12.0. The smallest absolute Gasteiger partial charge is 0.137 e. The normalized spacial score (nSPS) is 10.3. The van der Waals surface area contributed by atoms with Crippen molar-refractivity contribution in [3.8, 4) is 11.3 Å². The molecule has 0 radical (unpaired) electrons. The quantitative estimate of drug-likeness (QED) is 0.648. The van der Waals surface area contributed by atoms with Crippen molar-refractivity contribution in [3.05, 3.63) is 71.7 Å². The maximum atomic E-state index is 4.87. The highest BCUT2D eigenvalue weighted by Crippen LogP contribution is 2.27. The lowest BCUT2D eigenvalue weighted by Crippen LogP contribution is -2.13. The minimum atomic E-state index is 0.779. The lowest BCUT2D eigenvalue weighted by molar-refractivity contribution is 0.499. The summed E-state index contributed by atoms with van der Waals surface area (Å²) in [4.78, 5) is 6.93. The molecule has 0 aliphatic carbocycles. The van der Waals surface area contributed by atoms with E-state index in [0.29, 0.717) is 0 Å². The maximum Gasteiger partial charge on any atom is 0.137 e. The predicted octanol–water partition coefficient (Wildman–Crippen LogP) is 5.26. The number of aryl methyl sites for hydroxylation is 2. The van der Waals surface area contributed by atoms with Crippen molar-refractivity contribution in [2.75, 3.05) is 14.1 Å². The Labute approximate surface area is 151 Å². The topological polar surface area (TPSA) is 20.5 Å². The summed E-state index contributed by atoms with van der Waals surface area (Å²) in [5, 5.41) is 0. The van der Waals surface area contributed by atoms with Crippen LogP contribution in [0, 0.1) is 13.8 Å². The van der Waals surface area contributed by atoms with Gasteiger partial charge in [-0.25, -0.2) is 4.98 Å². The minimum absolute atomic E-state index is 0.779. The molecular weight excluding hydrogens is 306 g/mol. The number of fused-ring (bicyclic) bond motifs is 1. The first kappa shape index (κ1) is 18.8. The number of nitrogens with zero attached hydrogens (tertiary/aromatic N) is 3. The fourth-order valence-electron chi connectivity index (χ4n) is 2.66. The van der Waals surface area contributed by atoms with Gasteiger partial charge in [0.2, 0.25) is 0 Å². The van der Waals surface area contributed by atoms with Crippen molar-refractivity contribution < 1.29 is 0 Å². The fourth-order valence-corrected chi connectivity index (χ4v) is 2.66. The average Bonchev–Trinajstić information content (AvgIpc) is 2.95. The number of aromatic nitrogens is 2. The summed E-state index contributed by atoms with van der Waals surface area (Å²) >= 11 is 0. The molecule has 2 heterocycles. The Hall–Kier alpha value is -2.55. The molecule has 0 saturated carbocycles. The molecule has 3 nitrogen and oxygen atoms in total. The van der Waals surface area contributed by atoms with Gasteiger partial charge < -0.3 is 9.30 Å². The number of pyridine rings is 1. The van der Waals surface area contributed by atoms with Crippen LogP contribution in [0.5, 0.6) is 0 Å². The van der Waals surface area contributed by atoms with Gasteiger partial charge in [-0.1, -0.05) is 56.3 Å². The number of allylic oxidation sites excluding steroid dienone is 1. The zero-order valence-corrected chi connectivity index (χ0v) is 16.3. The molecule has 0 saturated heterocycles. The Morgan fingerprint density at radius 2 is 1.60 bits per heavy atom. The molecule has 0 unspecified atom stereocenters. The highest BCUT2D eigenvalue weighted by Gasteiger charge is 2.15. The number of imidazole rings is 1. The molecule has 0 bridgehead atoms. The largest absolute Gasteiger partial charge is 0.381 e. The molecule has 0 fully saturated rings. The second-order valence-electron chi connectivity index (χ2n) is 6.35. The van der Waals surface area contributed by atoms with E-state index in [2.05, 4.69) is 72.3 Å². The lowest BCUT2D eigenvalue weighted by Gasteiger charge is -2.16. The second-order valence-corrected chi connectivity index (χ2v) is 6.35. The van der Waals surface area contributed by atoms with Gasteiger partial charge in [-0.3, -0.25) is 0 Å². The van der Waals surface area contributed by atoms with E-state index in [9.17, 15) is 0 Å². The van der Waals surface area contributed by atoms with E-state index in [1.54, 1.807) is 0 Å². The zero-order chi connectivity index (χ0) is 18.6. The van der Waals surface area contributed by atoms with Crippen LogP contribution in [-0.2, 0) is 6.42 Å². The number of likely N-dealkylation sites (N-methyl/N-ethyl adjacent to an activating group) is 1. The summed E-state index contributed by atoms with van der Waals surface area (Å²) in [6.45, 7) is 12.4. The van der Waals surface area contributed by atoms with Crippen LogP contribution in [0.2, 0.25) is 0 Å². The number of benzene rings is 1. The summed E-state index contributed by atoms with van der Waals surface area (Å²) in [6, 6.07) is 12.7. The van der Waals surface area contributed by atoms with Gasteiger partial charge in [0.25, 0.3) is 0 Å². The third kappa shape index (κ3) is 4.11. The molecule has 0 amide bonds. The molecule has 0 atom stereocenters. The van der Waals surface area contributed by atoms with Gasteiger partial charge >= 0.3 is 0 Å². The van der Waals surface area contributed by atoms with Crippen LogP contribution in [0.25, 0.3) is 16.9 Å². The van der Waals surface area contributed by atoms with E-state index in [4.69, 9.17) is 4.98 Å². The molecule has 3 heteroatoms. The van der Waals surface area contributed by atoms with Crippen LogP contribution in [0.3, 0.4) is 0 Å². The van der Waals surface area contributed by atoms with E-state index < -0.39 is 0 Å². The van der Waals surface area contributed by atoms with Gasteiger partial charge in [-0.15, -0.1) is 0 Å². The summed E-state index contributed by atoms with van der Waals surface area (Å²) in [6.07, 6.45) is 2.93. The van der Waals surface area contributed by atoms with E-state index in [0.717, 1.165) is 29.0 Å². The number of rotatable bonds is 4. The molecule has 0 N–H and O–H groups in total. The predicted molar refractivity (Wildman–Crippen MR) is 108 cm³/mol. The molecule has 3 aromatic rings. The molecule has 3 rings (SSSR count). The van der Waals surface area contributed by atoms with Crippen molar-refractivity contribution in [1.29, 1.82) is 0 Å². The zero-order valence-electron chi connectivity index (χ0n) is 16.3. The van der Waals surface area contributed by atoms with Gasteiger partial charge in [0.1, 0.15) is 5.65 Å². The summed E-state index contributed by atoms with van der Waals surface area (Å²) < 4.78 is 2.19. The SMILES string of the molecule is C=C(Cc1c(-c2ccc(C)cc2)nc2ccc(C)cn12)N(C)C.CC. The highest BCUT2D eigenvalue weighted by atomic mass is 15.1. The first-order valence-corrected chi connectivity index (χ1v) is 8.85. The molecule has 1 aromatic carbocycles. The molecule has 0 spiro atoms. The van der Waals surface area contributed by atoms with E-state index >= 15 is 0 Å². The van der Waals surface area contributed by atoms with Gasteiger partial charge in [0.05, 0.1) is 11.4 Å². The Kier molecular flexibility index (Phi) is 6.02. The Bertz CT molecular complexity index is 855. The molecule has 132 valence electrons. The van der Waals surface area contributed by atoms with Crippen LogP contribution < -0.4 is 0 Å².